The van der Waals surface area contributed by atoms with Gasteiger partial charge in [0.05, 0.1) is 0 Å². The summed E-state index contributed by atoms with van der Waals surface area (Å²) in [6.07, 6.45) is 4.35. The molecule has 0 spiro atoms. The van der Waals surface area contributed by atoms with E-state index in [0.717, 1.165) is 25.9 Å². The van der Waals surface area contributed by atoms with Crippen molar-refractivity contribution in [3.05, 3.63) is 29.8 Å². The van der Waals surface area contributed by atoms with Gasteiger partial charge < -0.3 is 15.3 Å². The van der Waals surface area contributed by atoms with E-state index in [9.17, 15) is 0 Å². The summed E-state index contributed by atoms with van der Waals surface area (Å²) >= 11 is 0. The molecular formula is C20H34N2O. The Kier molecular flexibility index (Phi) is 6.49. The maximum Gasteiger partial charge on any atom is 0.0431 e. The average molecular weight is 319 g/mol. The first kappa shape index (κ1) is 18.3. The van der Waals surface area contributed by atoms with E-state index in [1.54, 1.807) is 0 Å². The average Bonchev–Trinajstić information content (AvgIpc) is 2.53. The van der Waals surface area contributed by atoms with Crippen LogP contribution in [0.25, 0.3) is 0 Å². The second kappa shape index (κ2) is 8.16. The van der Waals surface area contributed by atoms with Crippen molar-refractivity contribution in [2.45, 2.75) is 70.9 Å². The van der Waals surface area contributed by atoms with Crippen LogP contribution < -0.4 is 10.2 Å². The van der Waals surface area contributed by atoms with Crippen LogP contribution in [0.4, 0.5) is 5.69 Å². The predicted molar refractivity (Wildman–Crippen MR) is 99.3 cm³/mol. The number of piperidine rings is 1. The third kappa shape index (κ3) is 5.50. The highest BCUT2D eigenvalue weighted by molar-refractivity contribution is 5.49. The molecule has 1 saturated heterocycles. The molecule has 0 saturated carbocycles. The zero-order valence-corrected chi connectivity index (χ0v) is 15.3. The van der Waals surface area contributed by atoms with Crippen molar-refractivity contribution >= 4 is 5.69 Å². The standard InChI is InChI=1S/C20H34N2O/c1-16(6-5-15-23)21-18-11-13-22(14-12-18)19-9-7-17(8-10-19)20(2,3)4/h7-10,16,18,21,23H,5-6,11-15H2,1-4H3. The number of aliphatic hydroxyl groups is 1. The number of nitrogens with zero attached hydrogens (tertiary/aromatic N) is 1. The van der Waals surface area contributed by atoms with Gasteiger partial charge >= 0.3 is 0 Å². The zero-order chi connectivity index (χ0) is 16.9. The lowest BCUT2D eigenvalue weighted by atomic mass is 9.87. The summed E-state index contributed by atoms with van der Waals surface area (Å²) in [5.74, 6) is 0. The smallest absolute Gasteiger partial charge is 0.0431 e. The lowest BCUT2D eigenvalue weighted by Crippen LogP contribution is -2.45. The largest absolute Gasteiger partial charge is 0.396 e. The van der Waals surface area contributed by atoms with Gasteiger partial charge in [-0.25, -0.2) is 0 Å². The number of benzene rings is 1. The first-order valence-electron chi connectivity index (χ1n) is 9.12. The minimum Gasteiger partial charge on any atom is -0.396 e. The minimum absolute atomic E-state index is 0.222. The Balaban J connectivity index is 1.82. The number of aliphatic hydroxyl groups excluding tert-OH is 1. The van der Waals surface area contributed by atoms with E-state index in [4.69, 9.17) is 5.11 Å². The molecule has 0 aromatic heterocycles. The second-order valence-electron chi connectivity index (χ2n) is 7.99. The molecule has 2 N–H and O–H groups in total. The van der Waals surface area contributed by atoms with Gasteiger partial charge in [0, 0.05) is 37.5 Å². The van der Waals surface area contributed by atoms with Crippen molar-refractivity contribution in [3.8, 4) is 0 Å². The molecule has 23 heavy (non-hydrogen) atoms. The number of anilines is 1. The molecule has 1 heterocycles. The van der Waals surface area contributed by atoms with Gasteiger partial charge in [0.15, 0.2) is 0 Å². The summed E-state index contributed by atoms with van der Waals surface area (Å²) in [7, 11) is 0. The van der Waals surface area contributed by atoms with Crippen LogP contribution in [0.5, 0.6) is 0 Å². The molecule has 130 valence electrons. The molecule has 0 radical (unpaired) electrons. The second-order valence-corrected chi connectivity index (χ2v) is 7.99. The van der Waals surface area contributed by atoms with E-state index in [0.29, 0.717) is 18.7 Å². The molecule has 1 aromatic carbocycles. The van der Waals surface area contributed by atoms with E-state index < -0.39 is 0 Å². The van der Waals surface area contributed by atoms with E-state index in [1.807, 2.05) is 0 Å². The van der Waals surface area contributed by atoms with Gasteiger partial charge in [-0.15, -0.1) is 0 Å². The number of hydrogen-bond acceptors (Lipinski definition) is 3. The first-order chi connectivity index (χ1) is 10.9. The maximum atomic E-state index is 8.92. The normalized spacial score (nSPS) is 18.2. The highest BCUT2D eigenvalue weighted by Gasteiger charge is 2.21. The van der Waals surface area contributed by atoms with Gasteiger partial charge in [0.25, 0.3) is 0 Å². The van der Waals surface area contributed by atoms with E-state index in [2.05, 4.69) is 62.2 Å². The molecule has 0 amide bonds. The summed E-state index contributed by atoms with van der Waals surface area (Å²) in [6, 6.07) is 10.2. The Bertz CT molecular complexity index is 456. The van der Waals surface area contributed by atoms with Crippen LogP contribution in [0.15, 0.2) is 24.3 Å². The fourth-order valence-electron chi connectivity index (χ4n) is 3.36. The highest BCUT2D eigenvalue weighted by Crippen LogP contribution is 2.26. The topological polar surface area (TPSA) is 35.5 Å². The summed E-state index contributed by atoms with van der Waals surface area (Å²) < 4.78 is 0. The van der Waals surface area contributed by atoms with E-state index in [1.165, 1.54) is 24.1 Å². The quantitative estimate of drug-likeness (QED) is 0.839. The van der Waals surface area contributed by atoms with Crippen LogP contribution in [0.1, 0.15) is 58.9 Å². The predicted octanol–water partition coefficient (Wildman–Crippen LogP) is 3.70. The lowest BCUT2D eigenvalue weighted by Gasteiger charge is -2.35. The fourth-order valence-corrected chi connectivity index (χ4v) is 3.36. The molecule has 0 aliphatic carbocycles. The van der Waals surface area contributed by atoms with Crippen molar-refractivity contribution in [2.75, 3.05) is 24.6 Å². The Labute approximate surface area is 142 Å². The summed E-state index contributed by atoms with van der Waals surface area (Å²) in [5.41, 5.74) is 2.97. The molecule has 1 atom stereocenters. The van der Waals surface area contributed by atoms with E-state index in [-0.39, 0.29) is 5.41 Å². The van der Waals surface area contributed by atoms with Crippen LogP contribution >= 0.6 is 0 Å². The minimum atomic E-state index is 0.222. The van der Waals surface area contributed by atoms with Crippen LogP contribution in [-0.2, 0) is 5.41 Å². The first-order valence-corrected chi connectivity index (χ1v) is 9.12. The molecular weight excluding hydrogens is 284 g/mol. The van der Waals surface area contributed by atoms with Gasteiger partial charge in [-0.05, 0) is 55.7 Å². The molecule has 1 unspecified atom stereocenters. The Hall–Kier alpha value is -1.06. The fraction of sp³-hybridized carbons (Fsp3) is 0.700. The monoisotopic (exact) mass is 318 g/mol. The van der Waals surface area contributed by atoms with Crippen molar-refractivity contribution in [2.24, 2.45) is 0 Å². The Morgan fingerprint density at radius 1 is 1.17 bits per heavy atom. The van der Waals surface area contributed by atoms with Gasteiger partial charge in [-0.1, -0.05) is 32.9 Å². The molecule has 2 rings (SSSR count). The summed E-state index contributed by atoms with van der Waals surface area (Å²) in [6.45, 7) is 11.6. The van der Waals surface area contributed by atoms with Crippen molar-refractivity contribution in [3.63, 3.8) is 0 Å². The number of nitrogens with one attached hydrogen (secondary N) is 1. The van der Waals surface area contributed by atoms with Gasteiger partial charge in [-0.3, -0.25) is 0 Å². The highest BCUT2D eigenvalue weighted by atomic mass is 16.2. The molecule has 1 fully saturated rings. The van der Waals surface area contributed by atoms with Crippen molar-refractivity contribution < 1.29 is 5.11 Å². The van der Waals surface area contributed by atoms with Gasteiger partial charge in [0.1, 0.15) is 0 Å². The summed E-state index contributed by atoms with van der Waals surface area (Å²) in [5, 5.41) is 12.6. The maximum absolute atomic E-state index is 8.92. The lowest BCUT2D eigenvalue weighted by molar-refractivity contribution is 0.270. The molecule has 0 bridgehead atoms. The number of rotatable bonds is 6. The molecule has 1 aliphatic heterocycles. The van der Waals surface area contributed by atoms with Crippen LogP contribution in [-0.4, -0.2) is 36.9 Å². The number of hydrogen-bond donors (Lipinski definition) is 2. The van der Waals surface area contributed by atoms with Gasteiger partial charge in [-0.2, -0.15) is 0 Å². The molecule has 1 aromatic rings. The molecule has 1 aliphatic rings. The third-order valence-electron chi connectivity index (χ3n) is 4.91. The summed E-state index contributed by atoms with van der Waals surface area (Å²) in [4.78, 5) is 2.50. The molecule has 3 nitrogen and oxygen atoms in total. The van der Waals surface area contributed by atoms with Crippen LogP contribution in [0.2, 0.25) is 0 Å². The SMILES string of the molecule is CC(CCCO)NC1CCN(c2ccc(C(C)(C)C)cc2)CC1. The van der Waals surface area contributed by atoms with Crippen molar-refractivity contribution in [1.29, 1.82) is 0 Å². The van der Waals surface area contributed by atoms with Gasteiger partial charge in [0.2, 0.25) is 0 Å². The van der Waals surface area contributed by atoms with Crippen LogP contribution in [0, 0.1) is 0 Å². The van der Waals surface area contributed by atoms with Crippen LogP contribution in [0.3, 0.4) is 0 Å². The Morgan fingerprint density at radius 2 is 1.78 bits per heavy atom. The molecule has 3 heteroatoms. The van der Waals surface area contributed by atoms with Crippen molar-refractivity contribution in [1.82, 2.24) is 5.32 Å². The third-order valence-corrected chi connectivity index (χ3v) is 4.91. The van der Waals surface area contributed by atoms with E-state index >= 15 is 0 Å². The zero-order valence-electron chi connectivity index (χ0n) is 15.3. The Morgan fingerprint density at radius 3 is 2.30 bits per heavy atom.